The maximum atomic E-state index is 12.4. The fraction of sp³-hybridized carbons (Fsp3) is 0.381. The molecule has 0 saturated heterocycles. The fourth-order valence-corrected chi connectivity index (χ4v) is 3.36. The van der Waals surface area contributed by atoms with Gasteiger partial charge in [0.25, 0.3) is 0 Å². The lowest BCUT2D eigenvalue weighted by Crippen LogP contribution is -2.35. The summed E-state index contributed by atoms with van der Waals surface area (Å²) in [5.74, 6) is -1.01. The van der Waals surface area contributed by atoms with Gasteiger partial charge in [-0.25, -0.2) is 4.98 Å². The minimum atomic E-state index is -0.804. The van der Waals surface area contributed by atoms with Crippen LogP contribution in [0.5, 0.6) is 5.88 Å². The molecular formula is C21H24N2O4. The van der Waals surface area contributed by atoms with E-state index in [1.54, 1.807) is 6.20 Å². The van der Waals surface area contributed by atoms with Crippen LogP contribution in [-0.2, 0) is 22.7 Å². The van der Waals surface area contributed by atoms with Crippen molar-refractivity contribution in [2.24, 2.45) is 11.8 Å². The third-order valence-electron chi connectivity index (χ3n) is 4.89. The molecule has 2 N–H and O–H groups in total. The van der Waals surface area contributed by atoms with Crippen molar-refractivity contribution in [1.82, 2.24) is 10.3 Å². The topological polar surface area (TPSA) is 88.5 Å². The largest absolute Gasteiger partial charge is 0.481 e. The van der Waals surface area contributed by atoms with Gasteiger partial charge in [0.1, 0.15) is 6.61 Å². The van der Waals surface area contributed by atoms with Gasteiger partial charge in [0.2, 0.25) is 11.8 Å². The summed E-state index contributed by atoms with van der Waals surface area (Å²) in [6.07, 6.45) is 4.26. The number of nitrogens with zero attached hydrogens (tertiary/aromatic N) is 1. The van der Waals surface area contributed by atoms with Gasteiger partial charge in [0, 0.05) is 24.7 Å². The highest BCUT2D eigenvalue weighted by Gasteiger charge is 2.30. The fourth-order valence-electron chi connectivity index (χ4n) is 3.36. The third kappa shape index (κ3) is 5.54. The highest BCUT2D eigenvalue weighted by Crippen LogP contribution is 2.29. The molecule has 0 spiro atoms. The second kappa shape index (κ2) is 9.16. The van der Waals surface area contributed by atoms with E-state index >= 15 is 0 Å². The van der Waals surface area contributed by atoms with Crippen LogP contribution in [0.4, 0.5) is 0 Å². The number of rotatable bonds is 7. The quantitative estimate of drug-likeness (QED) is 0.784. The molecule has 1 heterocycles. The molecule has 1 aromatic carbocycles. The molecule has 3 rings (SSSR count). The van der Waals surface area contributed by atoms with Gasteiger partial charge in [-0.2, -0.15) is 0 Å². The Labute approximate surface area is 158 Å². The van der Waals surface area contributed by atoms with Gasteiger partial charge in [0.15, 0.2) is 0 Å². The Balaban J connectivity index is 1.50. The molecule has 0 bridgehead atoms. The van der Waals surface area contributed by atoms with Gasteiger partial charge >= 0.3 is 5.97 Å². The second-order valence-electron chi connectivity index (χ2n) is 6.89. The first-order valence-corrected chi connectivity index (χ1v) is 9.24. The molecule has 27 heavy (non-hydrogen) atoms. The Morgan fingerprint density at radius 2 is 1.89 bits per heavy atom. The molecule has 0 radical (unpaired) electrons. The number of carboxylic acid groups (broad SMARTS) is 1. The summed E-state index contributed by atoms with van der Waals surface area (Å²) >= 11 is 0. The monoisotopic (exact) mass is 368 g/mol. The highest BCUT2D eigenvalue weighted by molar-refractivity contribution is 5.80. The minimum Gasteiger partial charge on any atom is -0.481 e. The first kappa shape index (κ1) is 18.9. The molecule has 1 fully saturated rings. The van der Waals surface area contributed by atoms with Crippen LogP contribution >= 0.6 is 0 Å². The predicted molar refractivity (Wildman–Crippen MR) is 99.9 cm³/mol. The summed E-state index contributed by atoms with van der Waals surface area (Å²) in [5, 5.41) is 12.1. The van der Waals surface area contributed by atoms with Crippen LogP contribution in [0.3, 0.4) is 0 Å². The van der Waals surface area contributed by atoms with Crippen molar-refractivity contribution in [3.05, 3.63) is 59.8 Å². The van der Waals surface area contributed by atoms with Crippen LogP contribution in [0, 0.1) is 11.8 Å². The van der Waals surface area contributed by atoms with Gasteiger partial charge in [0.05, 0.1) is 5.92 Å². The molecule has 0 aliphatic heterocycles. The highest BCUT2D eigenvalue weighted by atomic mass is 16.5. The number of carbonyl (C=O) groups is 2. The molecular weight excluding hydrogens is 344 g/mol. The lowest BCUT2D eigenvalue weighted by atomic mass is 9.81. The van der Waals surface area contributed by atoms with Crippen LogP contribution in [0.1, 0.15) is 36.8 Å². The molecule has 142 valence electrons. The zero-order valence-corrected chi connectivity index (χ0v) is 15.1. The van der Waals surface area contributed by atoms with E-state index in [2.05, 4.69) is 10.3 Å². The number of ether oxygens (including phenoxy) is 1. The average Bonchev–Trinajstić information content (AvgIpc) is 2.71. The van der Waals surface area contributed by atoms with E-state index in [0.29, 0.717) is 31.9 Å². The average molecular weight is 368 g/mol. The molecule has 6 heteroatoms. The summed E-state index contributed by atoms with van der Waals surface area (Å²) < 4.78 is 5.71. The normalized spacial score (nSPS) is 19.3. The number of amides is 1. The molecule has 1 amide bonds. The van der Waals surface area contributed by atoms with E-state index in [1.807, 2.05) is 42.5 Å². The number of aromatic nitrogens is 1. The van der Waals surface area contributed by atoms with E-state index in [4.69, 9.17) is 9.84 Å². The molecule has 6 nitrogen and oxygen atoms in total. The molecule has 1 saturated carbocycles. The number of nitrogens with one attached hydrogen (secondary N) is 1. The Bertz CT molecular complexity index is 779. The van der Waals surface area contributed by atoms with Crippen LogP contribution in [0.15, 0.2) is 48.7 Å². The Morgan fingerprint density at radius 3 is 2.67 bits per heavy atom. The van der Waals surface area contributed by atoms with E-state index in [0.717, 1.165) is 24.0 Å². The lowest BCUT2D eigenvalue weighted by molar-refractivity contribution is -0.144. The zero-order chi connectivity index (χ0) is 19.1. The summed E-state index contributed by atoms with van der Waals surface area (Å²) in [4.78, 5) is 27.7. The van der Waals surface area contributed by atoms with E-state index < -0.39 is 11.9 Å². The number of carbonyl (C=O) groups excluding carboxylic acids is 1. The first-order valence-electron chi connectivity index (χ1n) is 9.24. The number of hydrogen-bond donors (Lipinski definition) is 2. The molecule has 1 aromatic heterocycles. The Kier molecular flexibility index (Phi) is 6.41. The molecule has 2 atom stereocenters. The minimum absolute atomic E-state index is 0.0792. The van der Waals surface area contributed by atoms with Gasteiger partial charge in [-0.3, -0.25) is 9.59 Å². The van der Waals surface area contributed by atoms with Gasteiger partial charge in [-0.15, -0.1) is 0 Å². The number of benzene rings is 1. The SMILES string of the molecule is O=C(O)C1CCCC(C(=O)NCc2ccnc(OCc3ccccc3)c2)C1. The van der Waals surface area contributed by atoms with Crippen LogP contribution in [0.2, 0.25) is 0 Å². The first-order chi connectivity index (χ1) is 13.1. The standard InChI is InChI=1S/C21H24N2O4/c24-20(17-7-4-8-18(12-17)21(25)26)23-13-16-9-10-22-19(11-16)27-14-15-5-2-1-3-6-15/h1-3,5-6,9-11,17-18H,4,7-8,12-14H2,(H,23,24)(H,25,26). The van der Waals surface area contributed by atoms with Crippen LogP contribution < -0.4 is 10.1 Å². The third-order valence-corrected chi connectivity index (χ3v) is 4.89. The molecule has 2 aromatic rings. The van der Waals surface area contributed by atoms with Crippen molar-refractivity contribution in [1.29, 1.82) is 0 Å². The smallest absolute Gasteiger partial charge is 0.306 e. The van der Waals surface area contributed by atoms with Crippen molar-refractivity contribution >= 4 is 11.9 Å². The predicted octanol–water partition coefficient (Wildman–Crippen LogP) is 3.17. The van der Waals surface area contributed by atoms with Crippen LogP contribution in [-0.4, -0.2) is 22.0 Å². The number of aliphatic carboxylic acids is 1. The second-order valence-corrected chi connectivity index (χ2v) is 6.89. The summed E-state index contributed by atoms with van der Waals surface area (Å²) in [7, 11) is 0. The van der Waals surface area contributed by atoms with Gasteiger partial charge in [-0.1, -0.05) is 36.8 Å². The van der Waals surface area contributed by atoms with E-state index in [9.17, 15) is 9.59 Å². The lowest BCUT2D eigenvalue weighted by Gasteiger charge is -2.25. The van der Waals surface area contributed by atoms with Crippen molar-refractivity contribution in [3.63, 3.8) is 0 Å². The Hall–Kier alpha value is -2.89. The molecule has 1 aliphatic carbocycles. The molecule has 2 unspecified atom stereocenters. The van der Waals surface area contributed by atoms with Crippen LogP contribution in [0.25, 0.3) is 0 Å². The number of pyridine rings is 1. The maximum Gasteiger partial charge on any atom is 0.306 e. The van der Waals surface area contributed by atoms with Crippen molar-refractivity contribution < 1.29 is 19.4 Å². The zero-order valence-electron chi connectivity index (χ0n) is 15.1. The van der Waals surface area contributed by atoms with E-state index in [-0.39, 0.29) is 11.8 Å². The van der Waals surface area contributed by atoms with Crippen molar-refractivity contribution in [2.45, 2.75) is 38.8 Å². The molecule has 1 aliphatic rings. The Morgan fingerprint density at radius 1 is 1.11 bits per heavy atom. The number of carboxylic acids is 1. The van der Waals surface area contributed by atoms with Crippen molar-refractivity contribution in [3.8, 4) is 5.88 Å². The maximum absolute atomic E-state index is 12.4. The summed E-state index contributed by atoms with van der Waals surface area (Å²) in [6.45, 7) is 0.805. The summed E-state index contributed by atoms with van der Waals surface area (Å²) in [6, 6.07) is 13.5. The number of hydrogen-bond acceptors (Lipinski definition) is 4. The summed E-state index contributed by atoms with van der Waals surface area (Å²) in [5.41, 5.74) is 1.95. The van der Waals surface area contributed by atoms with Gasteiger partial charge in [-0.05, 0) is 36.5 Å². The van der Waals surface area contributed by atoms with E-state index in [1.165, 1.54) is 0 Å². The van der Waals surface area contributed by atoms with Crippen molar-refractivity contribution in [2.75, 3.05) is 0 Å². The van der Waals surface area contributed by atoms with Gasteiger partial charge < -0.3 is 15.2 Å².